The Labute approximate surface area is 514 Å². The summed E-state index contributed by atoms with van der Waals surface area (Å²) < 4.78 is 76.8. The Hall–Kier alpha value is -6.48. The number of piperidine rings is 1. The molecule has 18 nitrogen and oxygen atoms in total. The number of nitrogens with one attached hydrogen (secondary N) is 4. The van der Waals surface area contributed by atoms with E-state index in [-0.39, 0.29) is 76.1 Å². The maximum absolute atomic E-state index is 16.8. The molecule has 4 N–H and O–H groups in total. The number of aromatic nitrogens is 2. The molecule has 22 heteroatoms. The summed E-state index contributed by atoms with van der Waals surface area (Å²) in [6.07, 6.45) is 1.27. The van der Waals surface area contributed by atoms with Gasteiger partial charge in [-0.15, -0.1) is 0 Å². The summed E-state index contributed by atoms with van der Waals surface area (Å²) in [5, 5.41) is 1.93. The number of nitrogens with zero attached hydrogens (tertiary/aromatic N) is 7. The lowest BCUT2D eigenvalue weighted by Gasteiger charge is -2.39. The minimum Gasteiger partial charge on any atom is -0.464 e. The molecule has 2 aliphatic carbocycles. The van der Waals surface area contributed by atoms with Crippen LogP contribution in [-0.2, 0) is 58.4 Å². The van der Waals surface area contributed by atoms with Crippen LogP contribution in [0.1, 0.15) is 121 Å². The van der Waals surface area contributed by atoms with Gasteiger partial charge in [-0.2, -0.15) is 18.7 Å². The highest BCUT2D eigenvalue weighted by molar-refractivity contribution is 5.97. The fraction of sp³-hybridized carbons (Fsp3) is 0.606. The molecule has 6 aliphatic rings. The highest BCUT2D eigenvalue weighted by Crippen LogP contribution is 2.78. The molecule has 0 radical (unpaired) electrons. The van der Waals surface area contributed by atoms with Crippen molar-refractivity contribution in [3.8, 4) is 34.2 Å². The normalized spacial score (nSPS) is 25.4. The zero-order valence-electron chi connectivity index (χ0n) is 52.8. The lowest BCUT2D eigenvalue weighted by Crippen LogP contribution is -2.63. The standard InChI is InChI=1S/C66H87F4N11O7/c1-40(2)55(78(10)61(86)64(67)24-29-79(30-25-64)54(82)21-23-63(5,6)76(7)8)58(83)74-72-52-32-41-15-12-16-43(31-41)44-19-20-53-46(33-44)48(36-62(3,4)39-88-60(85)51-18-14-27-81(59(52)84)75-73-51)56(80(53)38-65(68,69)70)47-34-45(42-17-13-26-77(9)28-22-42)37-71-57(47)66(87-11)49-35-50(49)66/h12,15-16,19-20,31,33-34,37,40,42,49-52,55,72-73,75H,13-14,17-18,22,24-30,32,35-36,38-39H2,1-11H3,(H,74,83)/t42?,49?,50?,51-,52?,55?,66?/m0/s1. The van der Waals surface area contributed by atoms with Crippen molar-refractivity contribution < 1.29 is 51.0 Å². The highest BCUT2D eigenvalue weighted by atomic mass is 19.4. The number of benzene rings is 2. The number of pyridine rings is 1. The van der Waals surface area contributed by atoms with Gasteiger partial charge in [0.1, 0.15) is 30.3 Å². The molecule has 476 valence electrons. The first-order chi connectivity index (χ1) is 41.5. The van der Waals surface area contributed by atoms with E-state index in [9.17, 15) is 24.0 Å². The molecule has 4 aliphatic heterocycles. The maximum Gasteiger partial charge on any atom is 0.406 e. The number of fused-ring (bicyclic) bond motifs is 8. The molecular formula is C66H87F4N11O7. The Balaban J connectivity index is 0.993. The molecule has 6 heterocycles. The number of likely N-dealkylation sites (tertiary alicyclic amines) is 2. The van der Waals surface area contributed by atoms with E-state index in [0.717, 1.165) is 49.2 Å². The first-order valence-electron chi connectivity index (χ1n) is 31.1. The van der Waals surface area contributed by atoms with Crippen LogP contribution in [0.3, 0.4) is 0 Å². The smallest absolute Gasteiger partial charge is 0.406 e. The zero-order chi connectivity index (χ0) is 63.4. The number of carbonyl (C=O) groups excluding carboxylic acids is 5. The second kappa shape index (κ2) is 25.1. The minimum atomic E-state index is -4.63. The van der Waals surface area contributed by atoms with E-state index in [0.29, 0.717) is 56.5 Å². The number of hydrogen-bond donors (Lipinski definition) is 4. The maximum atomic E-state index is 16.8. The minimum absolute atomic E-state index is 0.00201. The molecule has 5 fully saturated rings. The fourth-order valence-corrected chi connectivity index (χ4v) is 13.6. The number of esters is 1. The van der Waals surface area contributed by atoms with Gasteiger partial charge >= 0.3 is 12.1 Å². The summed E-state index contributed by atoms with van der Waals surface area (Å²) in [6, 6.07) is 11.8. The van der Waals surface area contributed by atoms with Gasteiger partial charge in [0.15, 0.2) is 5.67 Å². The Kier molecular flexibility index (Phi) is 18.4. The highest BCUT2D eigenvalue weighted by Gasteiger charge is 2.80. The quantitative estimate of drug-likeness (QED) is 0.0476. The zero-order valence-corrected chi connectivity index (χ0v) is 52.8. The van der Waals surface area contributed by atoms with Crippen molar-refractivity contribution in [2.45, 2.75) is 159 Å². The number of ether oxygens (including phenoxy) is 2. The Bertz CT molecular complexity index is 3370. The third-order valence-corrected chi connectivity index (χ3v) is 19.5. The van der Waals surface area contributed by atoms with E-state index in [1.807, 2.05) is 89.3 Å². The molecule has 2 saturated carbocycles. The van der Waals surface area contributed by atoms with Crippen molar-refractivity contribution in [2.75, 3.05) is 74.6 Å². The van der Waals surface area contributed by atoms with Crippen LogP contribution in [0, 0.1) is 35.0 Å². The van der Waals surface area contributed by atoms with Crippen LogP contribution in [0.5, 0.6) is 0 Å². The first kappa shape index (κ1) is 64.5. The topological polar surface area (TPSA) is 186 Å². The van der Waals surface area contributed by atoms with Crippen molar-refractivity contribution in [3.63, 3.8) is 0 Å². The number of hydrogen-bond acceptors (Lipinski definition) is 13. The first-order valence-corrected chi connectivity index (χ1v) is 31.1. The van der Waals surface area contributed by atoms with Crippen molar-refractivity contribution in [1.82, 2.24) is 56.0 Å². The Morgan fingerprint density at radius 3 is 2.33 bits per heavy atom. The van der Waals surface area contributed by atoms with E-state index in [4.69, 9.17) is 14.5 Å². The van der Waals surface area contributed by atoms with Gasteiger partial charge < -0.3 is 28.7 Å². The average molecular weight is 1220 g/mol. The molecular weight excluding hydrogens is 1130 g/mol. The summed E-state index contributed by atoms with van der Waals surface area (Å²) in [5.41, 5.74) is 12.8. The second-order valence-corrected chi connectivity index (χ2v) is 27.3. The van der Waals surface area contributed by atoms with Gasteiger partial charge in [0, 0.05) is 86.5 Å². The summed E-state index contributed by atoms with van der Waals surface area (Å²) >= 11 is 0. The summed E-state index contributed by atoms with van der Waals surface area (Å²) in [4.78, 5) is 82.6. The molecule has 2 aromatic heterocycles. The third kappa shape index (κ3) is 13.4. The molecule has 10 rings (SSSR count). The lowest BCUT2D eigenvalue weighted by atomic mass is 9.83. The van der Waals surface area contributed by atoms with Crippen LogP contribution < -0.4 is 21.8 Å². The van der Waals surface area contributed by atoms with Crippen molar-refractivity contribution in [3.05, 3.63) is 77.1 Å². The van der Waals surface area contributed by atoms with Crippen LogP contribution >= 0.6 is 0 Å². The van der Waals surface area contributed by atoms with Crippen LogP contribution in [0.15, 0.2) is 54.7 Å². The van der Waals surface area contributed by atoms with Crippen LogP contribution in [0.4, 0.5) is 17.6 Å². The van der Waals surface area contributed by atoms with Crippen molar-refractivity contribution in [2.24, 2.45) is 23.2 Å². The largest absolute Gasteiger partial charge is 0.464 e. The van der Waals surface area contributed by atoms with Gasteiger partial charge in [-0.1, -0.05) is 63.9 Å². The molecule has 88 heavy (non-hydrogen) atoms. The monoisotopic (exact) mass is 1220 g/mol. The van der Waals surface area contributed by atoms with Gasteiger partial charge in [-0.3, -0.25) is 44.3 Å². The Morgan fingerprint density at radius 1 is 0.943 bits per heavy atom. The molecule has 4 aromatic rings. The number of hydrazine groups is 3. The predicted molar refractivity (Wildman–Crippen MR) is 326 cm³/mol. The number of methoxy groups -OCH3 is 1. The van der Waals surface area contributed by atoms with E-state index in [1.54, 1.807) is 27.0 Å². The van der Waals surface area contributed by atoms with Gasteiger partial charge in [0.2, 0.25) is 0 Å². The van der Waals surface area contributed by atoms with Gasteiger partial charge in [0.05, 0.1) is 23.5 Å². The molecule has 3 saturated heterocycles. The number of rotatable bonds is 12. The van der Waals surface area contributed by atoms with Gasteiger partial charge in [-0.25, -0.2) is 15.2 Å². The van der Waals surface area contributed by atoms with E-state index >= 15 is 17.6 Å². The molecule has 2 aromatic carbocycles. The number of carbonyl (C=O) groups is 5. The van der Waals surface area contributed by atoms with Crippen molar-refractivity contribution >= 4 is 40.5 Å². The number of likely N-dealkylation sites (N-methyl/N-ethyl adjacent to an activating group) is 1. The summed E-state index contributed by atoms with van der Waals surface area (Å²) in [7, 11) is 8.84. The van der Waals surface area contributed by atoms with E-state index in [2.05, 4.69) is 51.7 Å². The molecule has 6 bridgehead atoms. The number of alkyl halides is 4. The fourth-order valence-electron chi connectivity index (χ4n) is 13.6. The SMILES string of the molecule is COC1(c2ncc(C3CCCN(C)CC3)cc2-c2c3c4cc(ccc4n2CC(F)(F)F)-c2cccc(c2)CC(NNC(=O)C(C(C)C)N(C)C(=O)C2(F)CCN(C(=O)C#CC(C)(C)N(C)C)CC2)C(=O)N2CCC[C@H](NN2)C(=O)OCC(C)(C)C3)C2CC21. The number of cyclic esters (lactones) is 1. The average Bonchev–Trinajstić information content (AvgIpc) is 1.48. The van der Waals surface area contributed by atoms with Crippen molar-refractivity contribution in [1.29, 1.82) is 0 Å². The van der Waals surface area contributed by atoms with E-state index in [1.165, 1.54) is 21.5 Å². The second-order valence-electron chi connectivity index (χ2n) is 27.3. The Morgan fingerprint density at radius 2 is 1.66 bits per heavy atom. The molecule has 4 amide bonds. The summed E-state index contributed by atoms with van der Waals surface area (Å²) in [6.45, 7) is 11.6. The number of amides is 4. The lowest BCUT2D eigenvalue weighted by molar-refractivity contribution is -0.154. The van der Waals surface area contributed by atoms with E-state index < -0.39 is 88.6 Å². The summed E-state index contributed by atoms with van der Waals surface area (Å²) in [5.74, 6) is 2.49. The molecule has 6 atom stereocenters. The molecule has 0 spiro atoms. The third-order valence-electron chi connectivity index (χ3n) is 19.5. The van der Waals surface area contributed by atoms with Gasteiger partial charge in [-0.05, 0) is 163 Å². The molecule has 5 unspecified atom stereocenters. The predicted octanol–water partition coefficient (Wildman–Crippen LogP) is 7.44. The van der Waals surface area contributed by atoms with Crippen LogP contribution in [0.25, 0.3) is 33.3 Å². The van der Waals surface area contributed by atoms with Crippen LogP contribution in [-0.4, -0.2) is 174 Å². The van der Waals surface area contributed by atoms with Gasteiger partial charge in [0.25, 0.3) is 23.6 Å². The number of halogens is 4. The van der Waals surface area contributed by atoms with Crippen LogP contribution in [0.2, 0.25) is 0 Å².